The molecule has 1 unspecified atom stereocenters. The van der Waals surface area contributed by atoms with Crippen molar-refractivity contribution in [2.24, 2.45) is 11.7 Å². The molecule has 1 atom stereocenters. The molecule has 0 aromatic carbocycles. The third-order valence-corrected chi connectivity index (χ3v) is 4.53. The summed E-state index contributed by atoms with van der Waals surface area (Å²) in [4.78, 5) is 7.51. The molecule has 2 aliphatic carbocycles. The van der Waals surface area contributed by atoms with Crippen molar-refractivity contribution < 1.29 is 0 Å². The van der Waals surface area contributed by atoms with Gasteiger partial charge in [-0.05, 0) is 50.7 Å². The molecule has 0 spiro atoms. The highest BCUT2D eigenvalue weighted by Gasteiger charge is 2.36. The Kier molecular flexibility index (Phi) is 3.14. The lowest BCUT2D eigenvalue weighted by Crippen LogP contribution is -2.30. The van der Waals surface area contributed by atoms with Gasteiger partial charge in [-0.2, -0.15) is 0 Å². The molecule has 112 valence electrons. The minimum atomic E-state index is 0.158. The fourth-order valence-corrected chi connectivity index (χ4v) is 3.13. The van der Waals surface area contributed by atoms with E-state index in [1.807, 2.05) is 0 Å². The Labute approximate surface area is 126 Å². The van der Waals surface area contributed by atoms with Crippen LogP contribution in [-0.2, 0) is 6.42 Å². The summed E-state index contributed by atoms with van der Waals surface area (Å²) in [6.45, 7) is 3.26. The van der Waals surface area contributed by atoms with E-state index in [4.69, 9.17) is 10.7 Å². The molecule has 2 fully saturated rings. The SMILES string of the molecule is CC(N)Cc1c(N(CC2CC2)C2CC2)nc2ccccn12. The van der Waals surface area contributed by atoms with E-state index < -0.39 is 0 Å². The van der Waals surface area contributed by atoms with Gasteiger partial charge in [-0.15, -0.1) is 0 Å². The molecule has 4 heteroatoms. The van der Waals surface area contributed by atoms with Crippen LogP contribution in [0.2, 0.25) is 0 Å². The Balaban J connectivity index is 1.77. The van der Waals surface area contributed by atoms with Gasteiger partial charge in [0.25, 0.3) is 0 Å². The quantitative estimate of drug-likeness (QED) is 0.887. The number of hydrogen-bond acceptors (Lipinski definition) is 3. The maximum Gasteiger partial charge on any atom is 0.151 e. The summed E-state index contributed by atoms with van der Waals surface area (Å²) in [7, 11) is 0. The Bertz CT molecular complexity index is 637. The Morgan fingerprint density at radius 1 is 1.33 bits per heavy atom. The molecular formula is C17H24N4. The summed E-state index contributed by atoms with van der Waals surface area (Å²) >= 11 is 0. The second-order valence-corrected chi connectivity index (χ2v) is 6.82. The lowest BCUT2D eigenvalue weighted by molar-refractivity contribution is 0.684. The Hall–Kier alpha value is -1.55. The zero-order chi connectivity index (χ0) is 14.4. The van der Waals surface area contributed by atoms with Crippen molar-refractivity contribution in [2.45, 2.75) is 51.1 Å². The number of fused-ring (bicyclic) bond motifs is 1. The molecule has 2 N–H and O–H groups in total. The second-order valence-electron chi connectivity index (χ2n) is 6.82. The van der Waals surface area contributed by atoms with Gasteiger partial charge in [-0.25, -0.2) is 4.98 Å². The van der Waals surface area contributed by atoms with Crippen LogP contribution < -0.4 is 10.6 Å². The average molecular weight is 284 g/mol. The van der Waals surface area contributed by atoms with Crippen molar-refractivity contribution in [2.75, 3.05) is 11.4 Å². The van der Waals surface area contributed by atoms with Gasteiger partial charge >= 0.3 is 0 Å². The lowest BCUT2D eigenvalue weighted by Gasteiger charge is -2.24. The molecule has 4 rings (SSSR count). The van der Waals surface area contributed by atoms with E-state index in [1.165, 1.54) is 43.7 Å². The normalized spacial score (nSPS) is 19.9. The van der Waals surface area contributed by atoms with Crippen molar-refractivity contribution in [1.82, 2.24) is 9.38 Å². The zero-order valence-electron chi connectivity index (χ0n) is 12.7. The number of pyridine rings is 1. The van der Waals surface area contributed by atoms with Crippen molar-refractivity contribution in [1.29, 1.82) is 0 Å². The van der Waals surface area contributed by atoms with Crippen LogP contribution in [0, 0.1) is 5.92 Å². The first-order valence-corrected chi connectivity index (χ1v) is 8.20. The third-order valence-electron chi connectivity index (χ3n) is 4.53. The third kappa shape index (κ3) is 2.64. The van der Waals surface area contributed by atoms with E-state index >= 15 is 0 Å². The molecular weight excluding hydrogens is 260 g/mol. The van der Waals surface area contributed by atoms with Gasteiger partial charge < -0.3 is 15.0 Å². The van der Waals surface area contributed by atoms with E-state index in [2.05, 4.69) is 40.6 Å². The summed E-state index contributed by atoms with van der Waals surface area (Å²) in [5.74, 6) is 2.08. The number of hydrogen-bond donors (Lipinski definition) is 1. The van der Waals surface area contributed by atoms with E-state index in [-0.39, 0.29) is 6.04 Å². The largest absolute Gasteiger partial charge is 0.352 e. The van der Waals surface area contributed by atoms with E-state index in [1.54, 1.807) is 0 Å². The molecule has 0 aliphatic heterocycles. The van der Waals surface area contributed by atoms with Crippen LogP contribution in [0.3, 0.4) is 0 Å². The van der Waals surface area contributed by atoms with E-state index in [9.17, 15) is 0 Å². The summed E-state index contributed by atoms with van der Waals surface area (Å²) in [5, 5.41) is 0. The molecule has 0 radical (unpaired) electrons. The second kappa shape index (κ2) is 5.02. The Morgan fingerprint density at radius 3 is 2.81 bits per heavy atom. The maximum atomic E-state index is 6.09. The molecule has 2 aromatic heterocycles. The number of aromatic nitrogens is 2. The smallest absolute Gasteiger partial charge is 0.151 e. The van der Waals surface area contributed by atoms with Gasteiger partial charge in [0.1, 0.15) is 5.65 Å². The van der Waals surface area contributed by atoms with Crippen LogP contribution in [0.5, 0.6) is 0 Å². The van der Waals surface area contributed by atoms with Crippen molar-refractivity contribution in [3.63, 3.8) is 0 Å². The number of imidazole rings is 1. The van der Waals surface area contributed by atoms with Gasteiger partial charge in [-0.3, -0.25) is 0 Å². The number of nitrogens with two attached hydrogens (primary N) is 1. The molecule has 2 aliphatic rings. The molecule has 2 aromatic rings. The van der Waals surface area contributed by atoms with Gasteiger partial charge in [0.15, 0.2) is 5.82 Å². The monoisotopic (exact) mass is 284 g/mol. The maximum absolute atomic E-state index is 6.09. The lowest BCUT2D eigenvalue weighted by atomic mass is 10.2. The van der Waals surface area contributed by atoms with Crippen LogP contribution in [0.4, 0.5) is 5.82 Å². The predicted octanol–water partition coefficient (Wildman–Crippen LogP) is 2.60. The van der Waals surface area contributed by atoms with Crippen LogP contribution in [0.15, 0.2) is 24.4 Å². The summed E-state index contributed by atoms with van der Waals surface area (Å²) in [5.41, 5.74) is 8.42. The van der Waals surface area contributed by atoms with Crippen LogP contribution in [-0.4, -0.2) is 28.0 Å². The van der Waals surface area contributed by atoms with Gasteiger partial charge in [0.2, 0.25) is 0 Å². The first-order valence-electron chi connectivity index (χ1n) is 8.20. The summed E-state index contributed by atoms with van der Waals surface area (Å²) < 4.78 is 2.22. The summed E-state index contributed by atoms with van der Waals surface area (Å²) in [6.07, 6.45) is 8.41. The molecule has 0 saturated heterocycles. The Morgan fingerprint density at radius 2 is 2.14 bits per heavy atom. The van der Waals surface area contributed by atoms with Gasteiger partial charge in [0.05, 0.1) is 5.69 Å². The standard InChI is InChI=1S/C17H24N4/c1-12(18)10-15-17(19-16-4-2-3-9-20(15)16)21(14-7-8-14)11-13-5-6-13/h2-4,9,12-14H,5-8,10-11,18H2,1H3. The van der Waals surface area contributed by atoms with Crippen molar-refractivity contribution in [3.05, 3.63) is 30.1 Å². The van der Waals surface area contributed by atoms with Gasteiger partial charge in [-0.1, -0.05) is 6.07 Å². The molecule has 0 bridgehead atoms. The molecule has 2 saturated carbocycles. The van der Waals surface area contributed by atoms with Crippen LogP contribution in [0.1, 0.15) is 38.3 Å². The number of anilines is 1. The highest BCUT2D eigenvalue weighted by atomic mass is 15.3. The van der Waals surface area contributed by atoms with Crippen molar-refractivity contribution in [3.8, 4) is 0 Å². The van der Waals surface area contributed by atoms with Crippen LogP contribution >= 0.6 is 0 Å². The minimum Gasteiger partial charge on any atom is -0.352 e. The zero-order valence-corrected chi connectivity index (χ0v) is 12.7. The fraction of sp³-hybridized carbons (Fsp3) is 0.588. The first kappa shape index (κ1) is 13.1. The number of rotatable bonds is 6. The van der Waals surface area contributed by atoms with E-state index in [0.717, 1.165) is 18.0 Å². The van der Waals surface area contributed by atoms with E-state index in [0.29, 0.717) is 6.04 Å². The number of nitrogens with zero attached hydrogens (tertiary/aromatic N) is 3. The highest BCUT2D eigenvalue weighted by molar-refractivity contribution is 5.57. The van der Waals surface area contributed by atoms with Crippen LogP contribution in [0.25, 0.3) is 5.65 Å². The average Bonchev–Trinajstić information content (AvgIpc) is 3.35. The molecule has 2 heterocycles. The highest BCUT2D eigenvalue weighted by Crippen LogP contribution is 2.38. The van der Waals surface area contributed by atoms with Gasteiger partial charge in [0, 0.05) is 31.2 Å². The molecule has 0 amide bonds. The summed E-state index contributed by atoms with van der Waals surface area (Å²) in [6, 6.07) is 7.10. The minimum absolute atomic E-state index is 0.158. The fourth-order valence-electron chi connectivity index (χ4n) is 3.13. The first-order chi connectivity index (χ1) is 10.2. The topological polar surface area (TPSA) is 46.6 Å². The van der Waals surface area contributed by atoms with Crippen molar-refractivity contribution >= 4 is 11.5 Å². The molecule has 21 heavy (non-hydrogen) atoms. The molecule has 4 nitrogen and oxygen atoms in total. The predicted molar refractivity (Wildman–Crippen MR) is 85.6 cm³/mol.